The quantitative estimate of drug-likeness (QED) is 0.879. The van der Waals surface area contributed by atoms with Crippen molar-refractivity contribution in [2.75, 3.05) is 13.1 Å². The van der Waals surface area contributed by atoms with E-state index in [2.05, 4.69) is 35.5 Å². The van der Waals surface area contributed by atoms with Crippen molar-refractivity contribution in [3.05, 3.63) is 12.0 Å². The maximum atomic E-state index is 12.0. The minimum atomic E-state index is -3.51. The highest BCUT2D eigenvalue weighted by molar-refractivity contribution is 7.89. The van der Waals surface area contributed by atoms with Gasteiger partial charge in [-0.2, -0.15) is 0 Å². The van der Waals surface area contributed by atoms with Gasteiger partial charge in [-0.15, -0.1) is 0 Å². The molecule has 7 heteroatoms. The first kappa shape index (κ1) is 13.5. The summed E-state index contributed by atoms with van der Waals surface area (Å²) in [6, 6.07) is -0.0384. The van der Waals surface area contributed by atoms with E-state index < -0.39 is 10.0 Å². The Bertz CT molecular complexity index is 524. The van der Waals surface area contributed by atoms with Gasteiger partial charge in [0.1, 0.15) is 4.90 Å². The molecule has 2 rings (SSSR count). The molecule has 1 saturated heterocycles. The lowest BCUT2D eigenvalue weighted by atomic mass is 9.98. The van der Waals surface area contributed by atoms with Gasteiger partial charge >= 0.3 is 0 Å². The molecule has 0 amide bonds. The van der Waals surface area contributed by atoms with Gasteiger partial charge in [-0.1, -0.05) is 5.16 Å². The molecule has 6 nitrogen and oxygen atoms in total. The third-order valence-corrected chi connectivity index (χ3v) is 4.76. The first-order valence-corrected chi connectivity index (χ1v) is 7.37. The molecule has 2 heterocycles. The van der Waals surface area contributed by atoms with Gasteiger partial charge in [0.05, 0.1) is 6.20 Å². The average molecular weight is 273 g/mol. The van der Waals surface area contributed by atoms with E-state index in [9.17, 15) is 8.42 Å². The number of nitrogens with zero attached hydrogens (tertiary/aromatic N) is 2. The van der Waals surface area contributed by atoms with Crippen LogP contribution in [0.5, 0.6) is 0 Å². The molecule has 1 aliphatic rings. The Hall–Kier alpha value is -0.920. The minimum Gasteiger partial charge on any atom is -0.360 e. The van der Waals surface area contributed by atoms with E-state index in [0.29, 0.717) is 5.76 Å². The first-order chi connectivity index (χ1) is 8.20. The summed E-state index contributed by atoms with van der Waals surface area (Å²) in [6.45, 7) is 9.38. The van der Waals surface area contributed by atoms with Crippen LogP contribution >= 0.6 is 0 Å². The Morgan fingerprint density at radius 3 is 2.50 bits per heavy atom. The van der Waals surface area contributed by atoms with Crippen molar-refractivity contribution in [1.82, 2.24) is 14.8 Å². The number of nitrogens with one attached hydrogen (secondary N) is 1. The summed E-state index contributed by atoms with van der Waals surface area (Å²) < 4.78 is 31.5. The lowest BCUT2D eigenvalue weighted by Gasteiger charge is -2.47. The van der Waals surface area contributed by atoms with Crippen molar-refractivity contribution >= 4 is 10.0 Å². The number of rotatable bonds is 3. The molecule has 0 bridgehead atoms. The van der Waals surface area contributed by atoms with Crippen LogP contribution in [0.4, 0.5) is 0 Å². The molecule has 0 aliphatic carbocycles. The maximum Gasteiger partial charge on any atom is 0.246 e. The van der Waals surface area contributed by atoms with Gasteiger partial charge in [-0.3, -0.25) is 4.90 Å². The van der Waals surface area contributed by atoms with Gasteiger partial charge in [0, 0.05) is 24.7 Å². The molecule has 1 aliphatic heterocycles. The van der Waals surface area contributed by atoms with Gasteiger partial charge in [0.15, 0.2) is 5.76 Å². The number of aromatic nitrogens is 1. The first-order valence-electron chi connectivity index (χ1n) is 5.89. The van der Waals surface area contributed by atoms with Crippen LogP contribution in [0.25, 0.3) is 0 Å². The molecule has 0 radical (unpaired) electrons. The van der Waals surface area contributed by atoms with E-state index in [-0.39, 0.29) is 16.5 Å². The number of hydrogen-bond donors (Lipinski definition) is 1. The van der Waals surface area contributed by atoms with Crippen molar-refractivity contribution in [3.8, 4) is 0 Å². The molecule has 18 heavy (non-hydrogen) atoms. The maximum absolute atomic E-state index is 12.0. The summed E-state index contributed by atoms with van der Waals surface area (Å²) >= 11 is 0. The molecule has 0 saturated carbocycles. The van der Waals surface area contributed by atoms with Crippen LogP contribution in [0.1, 0.15) is 26.5 Å². The van der Waals surface area contributed by atoms with Gasteiger partial charge in [0.25, 0.3) is 0 Å². The summed E-state index contributed by atoms with van der Waals surface area (Å²) in [5.74, 6) is 0.314. The Labute approximate surface area is 107 Å². The SMILES string of the molecule is Cc1oncc1S(=O)(=O)NC1CN(C(C)(C)C)C1. The molecule has 1 aromatic rings. The second kappa shape index (κ2) is 4.32. The Morgan fingerprint density at radius 1 is 1.44 bits per heavy atom. The van der Waals surface area contributed by atoms with Crippen LogP contribution in [0, 0.1) is 6.92 Å². The summed E-state index contributed by atoms with van der Waals surface area (Å²) in [6.07, 6.45) is 1.23. The molecule has 1 fully saturated rings. The molecular formula is C11H19N3O3S. The predicted molar refractivity (Wildman–Crippen MR) is 66.7 cm³/mol. The highest BCUT2D eigenvalue weighted by Crippen LogP contribution is 2.22. The summed E-state index contributed by atoms with van der Waals surface area (Å²) in [5, 5.41) is 3.49. The molecule has 1 N–H and O–H groups in total. The topological polar surface area (TPSA) is 75.4 Å². The molecule has 102 valence electrons. The van der Waals surface area contributed by atoms with Crippen LogP contribution in [-0.2, 0) is 10.0 Å². The molecule has 1 aromatic heterocycles. The van der Waals surface area contributed by atoms with Crippen LogP contribution in [0.3, 0.4) is 0 Å². The lowest BCUT2D eigenvalue weighted by molar-refractivity contribution is 0.0436. The van der Waals surface area contributed by atoms with Gasteiger partial charge in [-0.05, 0) is 27.7 Å². The largest absolute Gasteiger partial charge is 0.360 e. The van der Waals surface area contributed by atoms with Crippen molar-refractivity contribution in [1.29, 1.82) is 0 Å². The van der Waals surface area contributed by atoms with E-state index >= 15 is 0 Å². The van der Waals surface area contributed by atoms with E-state index in [1.807, 2.05) is 0 Å². The highest BCUT2D eigenvalue weighted by atomic mass is 32.2. The highest BCUT2D eigenvalue weighted by Gasteiger charge is 2.37. The summed E-state index contributed by atoms with van der Waals surface area (Å²) in [5.41, 5.74) is 0.0784. The standard InChI is InChI=1S/C11H19N3O3S/c1-8-10(5-12-17-8)18(15,16)13-9-6-14(7-9)11(2,3)4/h5,9,13H,6-7H2,1-4H3. The average Bonchev–Trinajstić information content (AvgIpc) is 2.56. The molecule has 0 atom stereocenters. The molecule has 0 spiro atoms. The van der Waals surface area contributed by atoms with Gasteiger partial charge < -0.3 is 4.52 Å². The third kappa shape index (κ3) is 2.57. The summed E-state index contributed by atoms with van der Waals surface area (Å²) in [7, 11) is -3.51. The fraction of sp³-hybridized carbons (Fsp3) is 0.727. The number of aryl methyl sites for hydroxylation is 1. The zero-order valence-electron chi connectivity index (χ0n) is 11.1. The van der Waals surface area contributed by atoms with Crippen LogP contribution in [0.2, 0.25) is 0 Å². The van der Waals surface area contributed by atoms with Crippen molar-refractivity contribution in [3.63, 3.8) is 0 Å². The predicted octanol–water partition coefficient (Wildman–Crippen LogP) is 0.744. The summed E-state index contributed by atoms with van der Waals surface area (Å²) in [4.78, 5) is 2.34. The van der Waals surface area contributed by atoms with Crippen molar-refractivity contribution in [2.45, 2.75) is 44.2 Å². The Morgan fingerprint density at radius 2 is 2.06 bits per heavy atom. The number of sulfonamides is 1. The van der Waals surface area contributed by atoms with E-state index in [1.54, 1.807) is 6.92 Å². The fourth-order valence-corrected chi connectivity index (χ4v) is 3.24. The number of hydrogen-bond acceptors (Lipinski definition) is 5. The molecule has 0 aromatic carbocycles. The van der Waals surface area contributed by atoms with Gasteiger partial charge in [0.2, 0.25) is 10.0 Å². The van der Waals surface area contributed by atoms with E-state index in [1.165, 1.54) is 6.20 Å². The van der Waals surface area contributed by atoms with Crippen molar-refractivity contribution < 1.29 is 12.9 Å². The third-order valence-electron chi connectivity index (χ3n) is 3.15. The Kier molecular flexibility index (Phi) is 3.25. The Balaban J connectivity index is 1.99. The van der Waals surface area contributed by atoms with Crippen molar-refractivity contribution in [2.24, 2.45) is 0 Å². The zero-order chi connectivity index (χ0) is 13.6. The minimum absolute atomic E-state index is 0.0384. The van der Waals surface area contributed by atoms with E-state index in [4.69, 9.17) is 4.52 Å². The lowest BCUT2D eigenvalue weighted by Crippen LogP contribution is -2.64. The fourth-order valence-electron chi connectivity index (χ4n) is 1.93. The van der Waals surface area contributed by atoms with Crippen LogP contribution < -0.4 is 4.72 Å². The zero-order valence-corrected chi connectivity index (χ0v) is 11.9. The van der Waals surface area contributed by atoms with Crippen LogP contribution in [0.15, 0.2) is 15.6 Å². The molecular weight excluding hydrogens is 254 g/mol. The normalized spacial score (nSPS) is 18.9. The molecule has 0 unspecified atom stereocenters. The second-order valence-electron chi connectivity index (χ2n) is 5.64. The smallest absolute Gasteiger partial charge is 0.246 e. The van der Waals surface area contributed by atoms with Gasteiger partial charge in [-0.25, -0.2) is 13.1 Å². The van der Waals surface area contributed by atoms with E-state index in [0.717, 1.165) is 13.1 Å². The number of likely N-dealkylation sites (tertiary alicyclic amines) is 1. The second-order valence-corrected chi connectivity index (χ2v) is 7.32. The van der Waals surface area contributed by atoms with Crippen LogP contribution in [-0.4, -0.2) is 43.1 Å². The monoisotopic (exact) mass is 273 g/mol.